The van der Waals surface area contributed by atoms with E-state index >= 15 is 0 Å². The van der Waals surface area contributed by atoms with Crippen molar-refractivity contribution in [2.45, 2.75) is 13.0 Å². The first kappa shape index (κ1) is 21.7. The first-order chi connectivity index (χ1) is 14.3. The average Bonchev–Trinajstić information content (AvgIpc) is 2.74. The van der Waals surface area contributed by atoms with Gasteiger partial charge in [0.05, 0.1) is 0 Å². The maximum atomic E-state index is 12.5. The highest BCUT2D eigenvalue weighted by Crippen LogP contribution is 2.26. The van der Waals surface area contributed by atoms with Gasteiger partial charge in [-0.2, -0.15) is 0 Å². The fraction of sp³-hybridized carbons (Fsp3) is 0.174. The molecule has 30 heavy (non-hydrogen) atoms. The second-order valence-electron chi connectivity index (χ2n) is 6.81. The zero-order valence-electron chi connectivity index (χ0n) is 16.7. The summed E-state index contributed by atoms with van der Waals surface area (Å²) in [5, 5.41) is 0.822. The Labute approximate surface area is 186 Å². The third kappa shape index (κ3) is 4.45. The van der Waals surface area contributed by atoms with Gasteiger partial charge in [-0.3, -0.25) is 19.4 Å². The Bertz CT molecular complexity index is 1040. The predicted molar refractivity (Wildman–Crippen MR) is 122 cm³/mol. The number of benzene rings is 2. The van der Waals surface area contributed by atoms with Crippen LogP contribution < -0.4 is 4.74 Å². The highest BCUT2D eigenvalue weighted by atomic mass is 35.5. The molecule has 3 rings (SSSR count). The molecule has 0 N–H and O–H groups in total. The molecule has 2 aromatic carbocycles. The summed E-state index contributed by atoms with van der Waals surface area (Å²) in [6.07, 6.45) is 3.91. The summed E-state index contributed by atoms with van der Waals surface area (Å²) in [5.74, 6) is -0.159. The molecular weight excluding hydrogens is 420 g/mol. The van der Waals surface area contributed by atoms with Crippen molar-refractivity contribution in [1.82, 2.24) is 9.80 Å². The number of hydrogen-bond donors (Lipinski definition) is 0. The van der Waals surface area contributed by atoms with E-state index in [1.165, 1.54) is 9.80 Å². The van der Waals surface area contributed by atoms with E-state index in [1.54, 1.807) is 32.3 Å². The minimum Gasteiger partial charge on any atom is -0.489 e. The highest BCUT2D eigenvalue weighted by Gasteiger charge is 2.35. The Morgan fingerprint density at radius 1 is 1.07 bits per heavy atom. The van der Waals surface area contributed by atoms with Crippen LogP contribution in [0.1, 0.15) is 16.7 Å². The average molecular weight is 441 g/mol. The molecule has 1 saturated heterocycles. The summed E-state index contributed by atoms with van der Waals surface area (Å²) in [6.45, 7) is 4.13. The monoisotopic (exact) mass is 440 g/mol. The number of thiocarbonyl (C=S) groups is 1. The van der Waals surface area contributed by atoms with E-state index in [-0.39, 0.29) is 10.7 Å². The molecule has 2 amide bonds. The van der Waals surface area contributed by atoms with Crippen LogP contribution in [0, 0.1) is 0 Å². The summed E-state index contributed by atoms with van der Waals surface area (Å²) in [4.78, 5) is 27.6. The second-order valence-corrected chi connectivity index (χ2v) is 7.58. The van der Waals surface area contributed by atoms with E-state index in [9.17, 15) is 9.59 Å². The third-order valence-corrected chi connectivity index (χ3v) is 5.66. The van der Waals surface area contributed by atoms with Crippen LogP contribution >= 0.6 is 23.8 Å². The minimum atomic E-state index is -0.424. The zero-order valence-corrected chi connectivity index (χ0v) is 18.3. The van der Waals surface area contributed by atoms with Crippen molar-refractivity contribution >= 4 is 46.8 Å². The molecule has 0 aromatic heterocycles. The largest absolute Gasteiger partial charge is 0.489 e. The van der Waals surface area contributed by atoms with Crippen LogP contribution in [0.25, 0.3) is 6.08 Å². The van der Waals surface area contributed by atoms with Crippen LogP contribution in [0.15, 0.2) is 60.7 Å². The van der Waals surface area contributed by atoms with Crippen molar-refractivity contribution in [3.63, 3.8) is 0 Å². The summed E-state index contributed by atoms with van der Waals surface area (Å²) in [6, 6.07) is 13.0. The fourth-order valence-corrected chi connectivity index (χ4v) is 3.41. The number of nitrogens with zero attached hydrogens (tertiary/aromatic N) is 2. The molecule has 1 aliphatic rings. The Morgan fingerprint density at radius 2 is 1.73 bits per heavy atom. The lowest BCUT2D eigenvalue weighted by atomic mass is 10.0. The van der Waals surface area contributed by atoms with Gasteiger partial charge in [0.1, 0.15) is 17.9 Å². The molecule has 5 nitrogen and oxygen atoms in total. The number of rotatable bonds is 6. The Morgan fingerprint density at radius 3 is 2.37 bits per heavy atom. The molecule has 0 spiro atoms. The van der Waals surface area contributed by atoms with Gasteiger partial charge >= 0.3 is 0 Å². The Balaban J connectivity index is 1.89. The van der Waals surface area contributed by atoms with Crippen LogP contribution in [-0.4, -0.2) is 40.8 Å². The predicted octanol–water partition coefficient (Wildman–Crippen LogP) is 4.25. The highest BCUT2D eigenvalue weighted by molar-refractivity contribution is 7.80. The normalized spacial score (nSPS) is 14.2. The molecule has 0 radical (unpaired) electrons. The van der Waals surface area contributed by atoms with Crippen LogP contribution in [0.2, 0.25) is 5.02 Å². The molecule has 0 unspecified atom stereocenters. The van der Waals surface area contributed by atoms with Gasteiger partial charge in [0.15, 0.2) is 5.11 Å². The molecular formula is C23H21ClN2O3S. The number of likely N-dealkylation sites (N-methyl/N-ethyl adjacent to an activating group) is 2. The van der Waals surface area contributed by atoms with Crippen molar-refractivity contribution in [3.8, 4) is 5.75 Å². The van der Waals surface area contributed by atoms with Gasteiger partial charge in [-0.15, -0.1) is 6.58 Å². The molecule has 1 heterocycles. The van der Waals surface area contributed by atoms with Crippen molar-refractivity contribution in [2.24, 2.45) is 0 Å². The smallest absolute Gasteiger partial charge is 0.265 e. The van der Waals surface area contributed by atoms with Gasteiger partial charge in [-0.05, 0) is 54.0 Å². The van der Waals surface area contributed by atoms with E-state index in [4.69, 9.17) is 28.6 Å². The van der Waals surface area contributed by atoms with E-state index in [2.05, 4.69) is 6.58 Å². The number of carbonyl (C=O) groups is 2. The number of allylic oxidation sites excluding steroid dienone is 1. The van der Waals surface area contributed by atoms with Gasteiger partial charge in [-0.1, -0.05) is 41.9 Å². The maximum Gasteiger partial charge on any atom is 0.265 e. The van der Waals surface area contributed by atoms with Gasteiger partial charge in [0, 0.05) is 24.7 Å². The first-order valence-electron chi connectivity index (χ1n) is 9.25. The second kappa shape index (κ2) is 9.24. The lowest BCUT2D eigenvalue weighted by Crippen LogP contribution is -2.52. The molecule has 1 aliphatic heterocycles. The van der Waals surface area contributed by atoms with Crippen LogP contribution in [0.5, 0.6) is 5.75 Å². The van der Waals surface area contributed by atoms with Gasteiger partial charge in [0.2, 0.25) is 0 Å². The van der Waals surface area contributed by atoms with Crippen LogP contribution in [-0.2, 0) is 22.6 Å². The number of carbonyl (C=O) groups excluding carboxylic acids is 2. The SMILES string of the molecule is C=CCc1cc(C=C2C(=O)N(C)C(=S)N(C)C2=O)ccc1OCc1ccccc1Cl. The van der Waals surface area contributed by atoms with Crippen LogP contribution in [0.3, 0.4) is 0 Å². The van der Waals surface area contributed by atoms with Gasteiger partial charge in [0.25, 0.3) is 11.8 Å². The molecule has 7 heteroatoms. The van der Waals surface area contributed by atoms with Gasteiger partial charge < -0.3 is 4.74 Å². The number of halogens is 1. The summed E-state index contributed by atoms with van der Waals surface area (Å²) in [5.41, 5.74) is 2.54. The first-order valence-corrected chi connectivity index (χ1v) is 10.0. The summed E-state index contributed by atoms with van der Waals surface area (Å²) < 4.78 is 5.97. The fourth-order valence-electron chi connectivity index (χ4n) is 3.06. The van der Waals surface area contributed by atoms with Crippen molar-refractivity contribution in [1.29, 1.82) is 0 Å². The van der Waals surface area contributed by atoms with E-state index < -0.39 is 11.8 Å². The molecule has 0 atom stereocenters. The van der Waals surface area contributed by atoms with Crippen LogP contribution in [0.4, 0.5) is 0 Å². The zero-order chi connectivity index (χ0) is 21.8. The number of ether oxygens (including phenoxy) is 1. The van der Waals surface area contributed by atoms with Crippen molar-refractivity contribution in [3.05, 3.63) is 82.4 Å². The topological polar surface area (TPSA) is 49.9 Å². The van der Waals surface area contributed by atoms with Crippen molar-refractivity contribution in [2.75, 3.05) is 14.1 Å². The maximum absolute atomic E-state index is 12.5. The lowest BCUT2D eigenvalue weighted by molar-refractivity contribution is -0.132. The minimum absolute atomic E-state index is 0.0582. The number of amides is 2. The third-order valence-electron chi connectivity index (χ3n) is 4.74. The van der Waals surface area contributed by atoms with E-state index in [0.29, 0.717) is 29.4 Å². The summed E-state index contributed by atoms with van der Waals surface area (Å²) in [7, 11) is 3.10. The van der Waals surface area contributed by atoms with Gasteiger partial charge in [-0.25, -0.2) is 0 Å². The lowest BCUT2D eigenvalue weighted by Gasteiger charge is -2.31. The van der Waals surface area contributed by atoms with Crippen molar-refractivity contribution < 1.29 is 14.3 Å². The van der Waals surface area contributed by atoms with E-state index in [1.807, 2.05) is 36.4 Å². The van der Waals surface area contributed by atoms with E-state index in [0.717, 1.165) is 11.1 Å². The molecule has 1 fully saturated rings. The molecule has 0 saturated carbocycles. The standard InChI is InChI=1S/C23H21ClN2O3S/c1-4-7-16-12-15(13-18-21(27)25(2)23(30)26(3)22(18)28)10-11-20(16)29-14-17-8-5-6-9-19(17)24/h4-6,8-13H,1,7,14H2,2-3H3. The molecule has 0 aliphatic carbocycles. The molecule has 2 aromatic rings. The number of hydrogen-bond acceptors (Lipinski definition) is 4. The molecule has 154 valence electrons. The molecule has 0 bridgehead atoms. The summed E-state index contributed by atoms with van der Waals surface area (Å²) >= 11 is 11.3. The Hall–Kier alpha value is -2.96. The Kier molecular flexibility index (Phi) is 6.70. The quantitative estimate of drug-likeness (QED) is 0.291.